The van der Waals surface area contributed by atoms with Crippen LogP contribution < -0.4 is 25.2 Å². The summed E-state index contributed by atoms with van der Waals surface area (Å²) < 4.78 is 11.0. The number of carbonyl (C=O) groups excluding carboxylic acids is 3. The van der Waals surface area contributed by atoms with Gasteiger partial charge >= 0.3 is 0 Å². The molecule has 0 saturated carbocycles. The van der Waals surface area contributed by atoms with E-state index in [1.807, 2.05) is 6.07 Å². The Labute approximate surface area is 200 Å². The molecule has 0 aliphatic carbocycles. The van der Waals surface area contributed by atoms with E-state index in [2.05, 4.69) is 10.7 Å². The predicted octanol–water partition coefficient (Wildman–Crippen LogP) is 3.83. The Bertz CT molecular complexity index is 1260. The number of hydrogen-bond acceptors (Lipinski definition) is 5. The molecule has 9 heteroatoms. The van der Waals surface area contributed by atoms with Crippen LogP contribution in [0.25, 0.3) is 6.08 Å². The number of rotatable bonds is 7. The number of carbonyl (C=O) groups is 3. The highest BCUT2D eigenvalue weighted by molar-refractivity contribution is 6.31. The van der Waals surface area contributed by atoms with E-state index in [1.54, 1.807) is 66.7 Å². The molecule has 1 aliphatic rings. The molecule has 1 aliphatic heterocycles. The number of methoxy groups -OCH3 is 1. The Hall–Kier alpha value is -4.30. The second kappa shape index (κ2) is 10.1. The zero-order chi connectivity index (χ0) is 24.1. The number of amides is 3. The first-order chi connectivity index (χ1) is 16.4. The van der Waals surface area contributed by atoms with Gasteiger partial charge in [-0.05, 0) is 60.2 Å². The molecule has 0 spiro atoms. The van der Waals surface area contributed by atoms with Crippen LogP contribution >= 0.6 is 11.6 Å². The van der Waals surface area contributed by atoms with Crippen LogP contribution in [-0.4, -0.2) is 31.4 Å². The molecule has 1 heterocycles. The van der Waals surface area contributed by atoms with Crippen molar-refractivity contribution in [2.24, 2.45) is 0 Å². The van der Waals surface area contributed by atoms with Gasteiger partial charge in [0, 0.05) is 10.7 Å². The zero-order valence-electron chi connectivity index (χ0n) is 18.1. The fourth-order valence-corrected chi connectivity index (χ4v) is 3.38. The molecule has 8 nitrogen and oxygen atoms in total. The Morgan fingerprint density at radius 2 is 1.76 bits per heavy atom. The van der Waals surface area contributed by atoms with Gasteiger partial charge in [-0.2, -0.15) is 0 Å². The van der Waals surface area contributed by atoms with Gasteiger partial charge in [0.25, 0.3) is 17.7 Å². The summed E-state index contributed by atoms with van der Waals surface area (Å²) in [4.78, 5) is 37.3. The first-order valence-electron chi connectivity index (χ1n) is 10.2. The maximum Gasteiger partial charge on any atom is 0.282 e. The van der Waals surface area contributed by atoms with Crippen molar-refractivity contribution in [3.8, 4) is 11.5 Å². The number of nitrogens with zero attached hydrogens (tertiary/aromatic N) is 1. The lowest BCUT2D eigenvalue weighted by atomic mass is 10.1. The van der Waals surface area contributed by atoms with Gasteiger partial charge in [0.05, 0.1) is 12.8 Å². The average molecular weight is 478 g/mol. The highest BCUT2D eigenvalue weighted by Crippen LogP contribution is 2.30. The molecule has 34 heavy (non-hydrogen) atoms. The van der Waals surface area contributed by atoms with E-state index in [0.29, 0.717) is 33.5 Å². The molecule has 0 aromatic heterocycles. The number of hydrazine groups is 1. The average Bonchev–Trinajstić information content (AvgIpc) is 3.13. The maximum atomic E-state index is 12.8. The fraction of sp³-hybridized carbons (Fsp3) is 0.0800. The molecule has 3 aromatic rings. The molecule has 1 saturated heterocycles. The van der Waals surface area contributed by atoms with Crippen molar-refractivity contribution >= 4 is 46.8 Å². The minimum absolute atomic E-state index is 0.0121. The van der Waals surface area contributed by atoms with E-state index in [0.717, 1.165) is 0 Å². The van der Waals surface area contributed by atoms with Gasteiger partial charge in [-0.15, -0.1) is 0 Å². The Morgan fingerprint density at radius 3 is 2.47 bits per heavy atom. The van der Waals surface area contributed by atoms with E-state index in [9.17, 15) is 14.4 Å². The summed E-state index contributed by atoms with van der Waals surface area (Å²) in [6.07, 6.45) is 1.47. The van der Waals surface area contributed by atoms with Gasteiger partial charge < -0.3 is 14.8 Å². The number of anilines is 2. The summed E-state index contributed by atoms with van der Waals surface area (Å²) in [6.45, 7) is -0.244. The highest BCUT2D eigenvalue weighted by Gasteiger charge is 2.34. The van der Waals surface area contributed by atoms with Crippen molar-refractivity contribution in [3.63, 3.8) is 0 Å². The van der Waals surface area contributed by atoms with Crippen molar-refractivity contribution in [2.45, 2.75) is 0 Å². The summed E-state index contributed by atoms with van der Waals surface area (Å²) in [7, 11) is 1.46. The molecule has 4 rings (SSSR count). The third-order valence-corrected chi connectivity index (χ3v) is 5.14. The van der Waals surface area contributed by atoms with E-state index >= 15 is 0 Å². The van der Waals surface area contributed by atoms with Gasteiger partial charge in [0.2, 0.25) is 0 Å². The van der Waals surface area contributed by atoms with Crippen molar-refractivity contribution in [1.82, 2.24) is 5.43 Å². The zero-order valence-corrected chi connectivity index (χ0v) is 18.8. The standard InChI is InChI=1S/C25H20ClN3O5/c1-33-22-14-16(13-20-24(31)28-29(25(20)32)19-5-3-2-4-6-19)7-12-21(22)34-15-23(30)27-18-10-8-17(26)9-11-18/h2-14H,15H2,1H3,(H,27,30)(H,28,31). The number of halogens is 1. The Balaban J connectivity index is 1.45. The highest BCUT2D eigenvalue weighted by atomic mass is 35.5. The lowest BCUT2D eigenvalue weighted by molar-refractivity contribution is -0.118. The summed E-state index contributed by atoms with van der Waals surface area (Å²) >= 11 is 5.84. The van der Waals surface area contributed by atoms with Crippen LogP contribution in [0.3, 0.4) is 0 Å². The molecular formula is C25H20ClN3O5. The van der Waals surface area contributed by atoms with Crippen molar-refractivity contribution in [1.29, 1.82) is 0 Å². The topological polar surface area (TPSA) is 97.0 Å². The van der Waals surface area contributed by atoms with Crippen molar-refractivity contribution in [3.05, 3.63) is 89.0 Å². The summed E-state index contributed by atoms with van der Waals surface area (Å²) in [6, 6.07) is 20.4. The summed E-state index contributed by atoms with van der Waals surface area (Å²) in [5.74, 6) is -0.644. The van der Waals surface area contributed by atoms with E-state index in [1.165, 1.54) is 18.2 Å². The molecule has 0 atom stereocenters. The Kier molecular flexibility index (Phi) is 6.79. The van der Waals surface area contributed by atoms with Crippen LogP contribution in [0.2, 0.25) is 5.02 Å². The third-order valence-electron chi connectivity index (χ3n) is 4.89. The quantitative estimate of drug-likeness (QED) is 0.398. The van der Waals surface area contributed by atoms with Crippen LogP contribution in [0.5, 0.6) is 11.5 Å². The van der Waals surface area contributed by atoms with Gasteiger partial charge in [0.15, 0.2) is 18.1 Å². The predicted molar refractivity (Wildman–Crippen MR) is 129 cm³/mol. The fourth-order valence-electron chi connectivity index (χ4n) is 3.25. The van der Waals surface area contributed by atoms with Gasteiger partial charge in [-0.25, -0.2) is 5.01 Å². The summed E-state index contributed by atoms with van der Waals surface area (Å²) in [5.41, 5.74) is 4.25. The third kappa shape index (κ3) is 5.19. The SMILES string of the molecule is COc1cc(C=C2C(=O)NN(c3ccccc3)C2=O)ccc1OCC(=O)Nc1ccc(Cl)cc1. The van der Waals surface area contributed by atoms with Crippen molar-refractivity contribution in [2.75, 3.05) is 24.0 Å². The first kappa shape index (κ1) is 22.9. The number of hydrogen-bond donors (Lipinski definition) is 2. The van der Waals surface area contributed by atoms with E-state index in [-0.39, 0.29) is 18.1 Å². The van der Waals surface area contributed by atoms with E-state index in [4.69, 9.17) is 21.1 Å². The second-order valence-corrected chi connectivity index (χ2v) is 7.67. The lowest BCUT2D eigenvalue weighted by Crippen LogP contribution is -2.35. The molecule has 1 fully saturated rings. The second-order valence-electron chi connectivity index (χ2n) is 7.23. The van der Waals surface area contributed by atoms with Crippen LogP contribution in [-0.2, 0) is 14.4 Å². The van der Waals surface area contributed by atoms with Crippen LogP contribution in [0, 0.1) is 0 Å². The molecule has 3 aromatic carbocycles. The summed E-state index contributed by atoms with van der Waals surface area (Å²) in [5, 5.41) is 4.47. The molecular weight excluding hydrogens is 458 g/mol. The number of ether oxygens (including phenoxy) is 2. The molecule has 0 bridgehead atoms. The number of benzene rings is 3. The molecule has 172 valence electrons. The van der Waals surface area contributed by atoms with Crippen LogP contribution in [0.4, 0.5) is 11.4 Å². The normalized spacial score (nSPS) is 14.2. The molecule has 2 N–H and O–H groups in total. The Morgan fingerprint density at radius 1 is 1.03 bits per heavy atom. The van der Waals surface area contributed by atoms with Gasteiger partial charge in [-0.3, -0.25) is 19.8 Å². The van der Waals surface area contributed by atoms with Crippen LogP contribution in [0.1, 0.15) is 5.56 Å². The number of para-hydroxylation sites is 1. The van der Waals surface area contributed by atoms with Gasteiger partial charge in [0.1, 0.15) is 5.57 Å². The smallest absolute Gasteiger partial charge is 0.282 e. The first-order valence-corrected chi connectivity index (χ1v) is 10.6. The molecule has 0 radical (unpaired) electrons. The number of nitrogens with one attached hydrogen (secondary N) is 2. The minimum atomic E-state index is -0.507. The van der Waals surface area contributed by atoms with Crippen molar-refractivity contribution < 1.29 is 23.9 Å². The van der Waals surface area contributed by atoms with Crippen LogP contribution in [0.15, 0.2) is 78.4 Å². The lowest BCUT2D eigenvalue weighted by Gasteiger charge is -2.14. The molecule has 3 amide bonds. The monoisotopic (exact) mass is 477 g/mol. The van der Waals surface area contributed by atoms with Gasteiger partial charge in [-0.1, -0.05) is 35.9 Å². The van der Waals surface area contributed by atoms with E-state index < -0.39 is 11.8 Å². The molecule has 0 unspecified atom stereocenters. The maximum absolute atomic E-state index is 12.8. The largest absolute Gasteiger partial charge is 0.493 e. The minimum Gasteiger partial charge on any atom is -0.493 e.